The highest BCUT2D eigenvalue weighted by atomic mass is 16.2. The molecule has 2 saturated heterocycles. The third-order valence-corrected chi connectivity index (χ3v) is 7.54. The van der Waals surface area contributed by atoms with Gasteiger partial charge >= 0.3 is 0 Å². The molecule has 4 heterocycles. The smallest absolute Gasteiger partial charge is 0.227 e. The van der Waals surface area contributed by atoms with E-state index in [1.807, 2.05) is 47.4 Å². The molecule has 2 fully saturated rings. The highest BCUT2D eigenvalue weighted by Gasteiger charge is 2.32. The minimum absolute atomic E-state index is 0.00526. The van der Waals surface area contributed by atoms with Crippen LogP contribution in [0.3, 0.4) is 0 Å². The van der Waals surface area contributed by atoms with Gasteiger partial charge in [0.15, 0.2) is 11.6 Å². The van der Waals surface area contributed by atoms with Gasteiger partial charge in [0.1, 0.15) is 0 Å². The lowest BCUT2D eigenvalue weighted by atomic mass is 9.96. The number of hydrogen-bond acceptors (Lipinski definition) is 7. The molecule has 0 bridgehead atoms. The maximum absolute atomic E-state index is 13.4. The van der Waals surface area contributed by atoms with Crippen LogP contribution in [0.25, 0.3) is 11.3 Å². The first-order valence-electron chi connectivity index (χ1n) is 12.8. The second-order valence-electron chi connectivity index (χ2n) is 9.77. The third-order valence-electron chi connectivity index (χ3n) is 7.54. The lowest BCUT2D eigenvalue weighted by Crippen LogP contribution is -2.53. The van der Waals surface area contributed by atoms with E-state index in [9.17, 15) is 4.79 Å². The molecule has 2 aromatic heterocycles. The SMILES string of the molecule is O=C(C1CCCN(c2ccc(-c3ccccc3)nn2)C1)N1CCN(c2cc3c(nn2)CCC3)CC1. The number of rotatable bonds is 4. The second kappa shape index (κ2) is 9.60. The van der Waals surface area contributed by atoms with Crippen molar-refractivity contribution < 1.29 is 4.79 Å². The van der Waals surface area contributed by atoms with Crippen LogP contribution >= 0.6 is 0 Å². The van der Waals surface area contributed by atoms with Crippen molar-refractivity contribution in [3.05, 3.63) is 59.8 Å². The van der Waals surface area contributed by atoms with Crippen molar-refractivity contribution in [2.45, 2.75) is 32.1 Å². The first-order valence-corrected chi connectivity index (χ1v) is 12.8. The molecule has 0 radical (unpaired) electrons. The summed E-state index contributed by atoms with van der Waals surface area (Å²) in [7, 11) is 0. The molecular weight excluding hydrogens is 438 g/mol. The number of anilines is 2. The molecule has 1 aromatic carbocycles. The standard InChI is InChI=1S/C27H31N7O/c35-27(33-16-14-32(15-17-33)26-18-21-8-4-10-23(21)28-31-26)22-9-5-13-34(19-22)25-12-11-24(29-30-25)20-6-2-1-3-7-20/h1-3,6-7,11-12,18,22H,4-5,8-10,13-17,19H2. The van der Waals surface area contributed by atoms with Gasteiger partial charge in [0.25, 0.3) is 0 Å². The topological polar surface area (TPSA) is 78.4 Å². The molecule has 3 aliphatic rings. The van der Waals surface area contributed by atoms with Gasteiger partial charge in [-0.05, 0) is 55.9 Å². The zero-order chi connectivity index (χ0) is 23.6. The molecule has 2 aliphatic heterocycles. The van der Waals surface area contributed by atoms with Gasteiger partial charge < -0.3 is 14.7 Å². The summed E-state index contributed by atoms with van der Waals surface area (Å²) in [5.41, 5.74) is 4.42. The number of benzene rings is 1. The summed E-state index contributed by atoms with van der Waals surface area (Å²) in [6.45, 7) is 4.70. The Morgan fingerprint density at radius 3 is 2.40 bits per heavy atom. The van der Waals surface area contributed by atoms with Crippen LogP contribution in [-0.2, 0) is 17.6 Å². The molecule has 35 heavy (non-hydrogen) atoms. The Kier molecular flexibility index (Phi) is 6.02. The zero-order valence-electron chi connectivity index (χ0n) is 20.0. The van der Waals surface area contributed by atoms with E-state index in [1.165, 1.54) is 12.0 Å². The zero-order valence-corrected chi connectivity index (χ0v) is 20.0. The van der Waals surface area contributed by atoms with E-state index >= 15 is 0 Å². The van der Waals surface area contributed by atoms with Gasteiger partial charge in [-0.3, -0.25) is 4.79 Å². The molecule has 6 rings (SSSR count). The van der Waals surface area contributed by atoms with Crippen LogP contribution in [0.2, 0.25) is 0 Å². The van der Waals surface area contributed by atoms with Gasteiger partial charge in [0.05, 0.1) is 17.3 Å². The molecule has 1 amide bonds. The van der Waals surface area contributed by atoms with Crippen LogP contribution in [0.1, 0.15) is 30.5 Å². The Hall–Kier alpha value is -3.55. The summed E-state index contributed by atoms with van der Waals surface area (Å²) in [4.78, 5) is 19.9. The number of piperidine rings is 1. The molecule has 0 N–H and O–H groups in total. The fourth-order valence-electron chi connectivity index (χ4n) is 5.53. The van der Waals surface area contributed by atoms with E-state index in [0.717, 1.165) is 87.0 Å². The Morgan fingerprint density at radius 1 is 0.771 bits per heavy atom. The van der Waals surface area contributed by atoms with Crippen molar-refractivity contribution in [1.29, 1.82) is 0 Å². The monoisotopic (exact) mass is 469 g/mol. The van der Waals surface area contributed by atoms with Crippen molar-refractivity contribution >= 4 is 17.5 Å². The Labute approximate surface area is 206 Å². The van der Waals surface area contributed by atoms with Crippen molar-refractivity contribution in [1.82, 2.24) is 25.3 Å². The van der Waals surface area contributed by atoms with Crippen LogP contribution < -0.4 is 9.80 Å². The summed E-state index contributed by atoms with van der Waals surface area (Å²) in [5, 5.41) is 17.8. The molecule has 1 atom stereocenters. The van der Waals surface area contributed by atoms with Crippen molar-refractivity contribution in [2.24, 2.45) is 5.92 Å². The molecule has 1 aliphatic carbocycles. The van der Waals surface area contributed by atoms with Crippen molar-refractivity contribution in [3.63, 3.8) is 0 Å². The Bertz CT molecular complexity index is 1180. The number of piperazine rings is 1. The van der Waals surface area contributed by atoms with E-state index in [0.29, 0.717) is 6.54 Å². The number of hydrogen-bond donors (Lipinski definition) is 0. The Morgan fingerprint density at radius 2 is 1.60 bits per heavy atom. The van der Waals surface area contributed by atoms with Crippen LogP contribution in [0.5, 0.6) is 0 Å². The fourth-order valence-corrected chi connectivity index (χ4v) is 5.53. The van der Waals surface area contributed by atoms with Gasteiger partial charge in [-0.15, -0.1) is 15.3 Å². The number of nitrogens with zero attached hydrogens (tertiary/aromatic N) is 7. The van der Waals surface area contributed by atoms with E-state index in [4.69, 9.17) is 0 Å². The summed E-state index contributed by atoms with van der Waals surface area (Å²) in [5.74, 6) is 2.08. The molecule has 0 saturated carbocycles. The second-order valence-corrected chi connectivity index (χ2v) is 9.77. The number of aryl methyl sites for hydroxylation is 2. The van der Waals surface area contributed by atoms with Crippen LogP contribution in [0.15, 0.2) is 48.5 Å². The molecule has 8 heteroatoms. The van der Waals surface area contributed by atoms with Gasteiger partial charge in [0.2, 0.25) is 5.91 Å². The van der Waals surface area contributed by atoms with Crippen molar-refractivity contribution in [3.8, 4) is 11.3 Å². The van der Waals surface area contributed by atoms with E-state index in [2.05, 4.69) is 36.3 Å². The van der Waals surface area contributed by atoms with Crippen LogP contribution in [-0.4, -0.2) is 70.5 Å². The van der Waals surface area contributed by atoms with Gasteiger partial charge in [-0.1, -0.05) is 30.3 Å². The lowest BCUT2D eigenvalue weighted by molar-refractivity contribution is -0.136. The number of carbonyl (C=O) groups is 1. The normalized spacial score (nSPS) is 20.1. The molecule has 1 unspecified atom stereocenters. The highest BCUT2D eigenvalue weighted by molar-refractivity contribution is 5.80. The summed E-state index contributed by atoms with van der Waals surface area (Å²) in [6, 6.07) is 16.3. The predicted octanol–water partition coefficient (Wildman–Crippen LogP) is 2.99. The number of aromatic nitrogens is 4. The minimum atomic E-state index is 0.00526. The van der Waals surface area contributed by atoms with E-state index < -0.39 is 0 Å². The summed E-state index contributed by atoms with van der Waals surface area (Å²) < 4.78 is 0. The van der Waals surface area contributed by atoms with Gasteiger partial charge in [0, 0.05) is 44.8 Å². The number of amides is 1. The molecular formula is C27H31N7O. The Balaban J connectivity index is 1.06. The van der Waals surface area contributed by atoms with Crippen molar-refractivity contribution in [2.75, 3.05) is 49.1 Å². The fraction of sp³-hybridized carbons (Fsp3) is 0.444. The first-order chi connectivity index (χ1) is 17.2. The number of carbonyl (C=O) groups excluding carboxylic acids is 1. The average Bonchev–Trinajstić information content (AvgIpc) is 3.42. The van der Waals surface area contributed by atoms with Gasteiger partial charge in [-0.25, -0.2) is 0 Å². The molecule has 8 nitrogen and oxygen atoms in total. The first kappa shape index (κ1) is 21.9. The summed E-state index contributed by atoms with van der Waals surface area (Å²) >= 11 is 0. The average molecular weight is 470 g/mol. The summed E-state index contributed by atoms with van der Waals surface area (Å²) in [6.07, 6.45) is 5.25. The molecule has 0 spiro atoms. The maximum Gasteiger partial charge on any atom is 0.227 e. The van der Waals surface area contributed by atoms with Crippen LogP contribution in [0.4, 0.5) is 11.6 Å². The van der Waals surface area contributed by atoms with Gasteiger partial charge in [-0.2, -0.15) is 5.10 Å². The van der Waals surface area contributed by atoms with E-state index in [-0.39, 0.29) is 11.8 Å². The predicted molar refractivity (Wildman–Crippen MR) is 135 cm³/mol. The largest absolute Gasteiger partial charge is 0.354 e. The quantitative estimate of drug-likeness (QED) is 0.581. The molecule has 180 valence electrons. The molecule has 3 aromatic rings. The highest BCUT2D eigenvalue weighted by Crippen LogP contribution is 2.26. The minimum Gasteiger partial charge on any atom is -0.354 e. The van der Waals surface area contributed by atoms with Crippen LogP contribution in [0, 0.1) is 5.92 Å². The lowest BCUT2D eigenvalue weighted by Gasteiger charge is -2.39. The third kappa shape index (κ3) is 4.57. The number of fused-ring (bicyclic) bond motifs is 1. The maximum atomic E-state index is 13.4. The van der Waals surface area contributed by atoms with E-state index in [1.54, 1.807) is 0 Å².